The summed E-state index contributed by atoms with van der Waals surface area (Å²) in [5.74, 6) is 2.24. The Morgan fingerprint density at radius 1 is 0.287 bits per heavy atom. The minimum absolute atomic E-state index is 0.559. The Bertz CT molecular complexity index is 4020. The van der Waals surface area contributed by atoms with Crippen LogP contribution >= 0.6 is 47.0 Å². The van der Waals surface area contributed by atoms with Crippen molar-refractivity contribution in [2.24, 2.45) is 0 Å². The van der Waals surface area contributed by atoms with Gasteiger partial charge in [-0.2, -0.15) is 0 Å². The number of hydrogen-bond donors (Lipinski definition) is 2. The van der Waals surface area contributed by atoms with Gasteiger partial charge in [0.15, 0.2) is 72.9 Å². The lowest BCUT2D eigenvalue weighted by Gasteiger charge is -2.05. The maximum absolute atomic E-state index is 5.45. The highest BCUT2D eigenvalue weighted by Crippen LogP contribution is 2.42. The van der Waals surface area contributed by atoms with Crippen LogP contribution in [0, 0.1) is 0 Å². The third-order valence-corrected chi connectivity index (χ3v) is 18.0. The Labute approximate surface area is 481 Å². The summed E-state index contributed by atoms with van der Waals surface area (Å²) in [7, 11) is 0. The lowest BCUT2D eigenvalue weighted by atomic mass is 10.1. The van der Waals surface area contributed by atoms with Gasteiger partial charge in [-0.25, -0.2) is 48.2 Å². The Morgan fingerprint density at radius 2 is 0.562 bits per heavy atom. The lowest BCUT2D eigenvalue weighted by Crippen LogP contribution is -2.31. The number of nitrogens with one attached hydrogen (secondary N) is 2. The Morgan fingerprint density at radius 3 is 0.875 bits per heavy atom. The maximum atomic E-state index is 5.45. The van der Waals surface area contributed by atoms with Crippen molar-refractivity contribution in [3.8, 4) is 45.6 Å². The molecule has 394 valence electrons. The number of benzene rings is 4. The molecule has 12 nitrogen and oxygen atoms in total. The lowest BCUT2D eigenvalue weighted by molar-refractivity contribution is -0.697. The first-order valence-electron chi connectivity index (χ1n) is 27.4. The van der Waals surface area contributed by atoms with E-state index in [2.05, 4.69) is 227 Å². The van der Waals surface area contributed by atoms with Gasteiger partial charge < -0.3 is 9.97 Å². The van der Waals surface area contributed by atoms with E-state index in [0.29, 0.717) is 45.9 Å². The van der Waals surface area contributed by atoms with Crippen molar-refractivity contribution in [2.75, 3.05) is 0 Å². The number of rotatable bonds is 16. The molecule has 9 heterocycles. The van der Waals surface area contributed by atoms with Crippen molar-refractivity contribution in [2.45, 2.75) is 119 Å². The Kier molecular flexibility index (Phi) is 14.7. The van der Waals surface area contributed by atoms with E-state index in [1.54, 1.807) is 47.0 Å². The van der Waals surface area contributed by atoms with E-state index in [1.807, 2.05) is 0 Å². The van der Waals surface area contributed by atoms with Crippen molar-refractivity contribution in [1.82, 2.24) is 39.9 Å². The molecule has 16 heteroatoms. The van der Waals surface area contributed by atoms with Crippen LogP contribution in [-0.4, -0.2) is 39.9 Å². The van der Waals surface area contributed by atoms with E-state index in [1.165, 1.54) is 0 Å². The number of hydrogen-bond acceptors (Lipinski definition) is 10. The summed E-state index contributed by atoms with van der Waals surface area (Å²) in [4.78, 5) is 48.8. The summed E-state index contributed by atoms with van der Waals surface area (Å²) >= 11 is 6.89. The largest absolute Gasteiger partial charge is 0.324 e. The van der Waals surface area contributed by atoms with Gasteiger partial charge in [0.25, 0.3) is 0 Å². The van der Waals surface area contributed by atoms with Crippen LogP contribution in [0.2, 0.25) is 0 Å². The van der Waals surface area contributed by atoms with Gasteiger partial charge in [0.05, 0.1) is 0 Å². The van der Waals surface area contributed by atoms with E-state index in [0.717, 1.165) is 135 Å². The van der Waals surface area contributed by atoms with Crippen LogP contribution in [-0.2, 0) is 26.2 Å². The van der Waals surface area contributed by atoms with E-state index in [4.69, 9.17) is 29.9 Å². The average molecular weight is 1120 g/mol. The predicted molar refractivity (Wildman–Crippen MR) is 320 cm³/mol. The van der Waals surface area contributed by atoms with Crippen molar-refractivity contribution in [3.05, 3.63) is 171 Å². The van der Waals surface area contributed by atoms with Crippen LogP contribution in [0.15, 0.2) is 210 Å². The normalized spacial score (nSPS) is 11.8. The standard InChI is InChI=1S/C64H58N12S4/c1-5-25-73-29-17-41(18-30-73)77-45-9-13-49-53(37-45)61-65-57(49)70-62-55-39-47(79-43-21-33-75(27-7-3)34-22-43)11-15-51(55)59(67-62)72-64-56-40-48(80-44-23-35-76(28-8-4)36-24-44)12-16-52(56)60(68-64)71-63-54-38-46(10-14-50(54)58(66-63)69-61)78-42-19-31-74(26-6-2)32-20-42/h9-24,29-40H,5-8,25-28H2,1-4H3,(H2,65,66,67,68,69,70,71,72)/q+4. The fourth-order valence-corrected chi connectivity index (χ4v) is 13.6. The number of fused-ring (bicyclic) bond motifs is 20. The molecule has 7 aromatic heterocycles. The van der Waals surface area contributed by atoms with Crippen LogP contribution in [0.3, 0.4) is 0 Å². The molecular formula is C64H58N12S4+4. The topological polar surface area (TPSA) is 124 Å². The first-order chi connectivity index (χ1) is 39.3. The maximum Gasteiger partial charge on any atom is 0.169 e. The SMILES string of the molecule is CCC[n+]1ccc(Sc2ccc3c(c2)-c2nc-3nc3[nH]c(nc4nc(nc5[nH]c(n2)c2ccc(Sc6cc[n+](CCC)cc6)cc52)-c2ccc(Sc5cc[n+](CCC)cc5)cc2-4)c2ccc(Sc4cc[n+](CCC)cc4)cc32)cc1. The third-order valence-electron chi connectivity index (χ3n) is 14.0. The summed E-state index contributed by atoms with van der Waals surface area (Å²) in [5, 5.41) is 3.68. The molecular weight excluding hydrogens is 1070 g/mol. The monoisotopic (exact) mass is 1120 g/mol. The van der Waals surface area contributed by atoms with Gasteiger partial charge in [-0.3, -0.25) is 0 Å². The molecule has 80 heavy (non-hydrogen) atoms. The smallest absolute Gasteiger partial charge is 0.169 e. The summed E-state index contributed by atoms with van der Waals surface area (Å²) < 4.78 is 8.89. The molecule has 11 aromatic rings. The van der Waals surface area contributed by atoms with Gasteiger partial charge in [-0.05, 0) is 72.8 Å². The first-order valence-corrected chi connectivity index (χ1v) is 30.7. The number of nitrogens with zero attached hydrogens (tertiary/aromatic N) is 10. The zero-order valence-corrected chi connectivity index (χ0v) is 48.2. The minimum Gasteiger partial charge on any atom is -0.324 e. The zero-order valence-electron chi connectivity index (χ0n) is 44.9. The highest BCUT2D eigenvalue weighted by atomic mass is 32.2. The number of aromatic amines is 2. The second-order valence-electron chi connectivity index (χ2n) is 19.9. The van der Waals surface area contributed by atoms with Crippen molar-refractivity contribution in [3.63, 3.8) is 0 Å². The fraction of sp³-hybridized carbons (Fsp3) is 0.188. The average Bonchev–Trinajstić information content (AvgIpc) is 4.21. The molecule has 0 atom stereocenters. The van der Waals surface area contributed by atoms with E-state index in [9.17, 15) is 0 Å². The summed E-state index contributed by atoms with van der Waals surface area (Å²) in [6.45, 7) is 12.7. The summed E-state index contributed by atoms with van der Waals surface area (Å²) in [6, 6.07) is 43.5. The van der Waals surface area contributed by atoms with Gasteiger partial charge >= 0.3 is 0 Å². The number of pyridine rings is 4. The van der Waals surface area contributed by atoms with Crippen LogP contribution in [0.1, 0.15) is 53.4 Å². The highest BCUT2D eigenvalue weighted by molar-refractivity contribution is 8.00. The van der Waals surface area contributed by atoms with Crippen LogP contribution in [0.25, 0.3) is 89.7 Å². The Hall–Kier alpha value is -7.76. The minimum atomic E-state index is 0.559. The van der Waals surface area contributed by atoms with Gasteiger partial charge in [0.1, 0.15) is 48.8 Å². The summed E-state index contributed by atoms with van der Waals surface area (Å²) in [6.07, 6.45) is 21.5. The molecule has 0 unspecified atom stereocenters. The zero-order chi connectivity index (χ0) is 54.1. The third kappa shape index (κ3) is 10.8. The van der Waals surface area contributed by atoms with Crippen LogP contribution in [0.4, 0.5) is 0 Å². The first kappa shape index (κ1) is 51.7. The molecule has 2 N–H and O–H groups in total. The Balaban J connectivity index is 1.02. The van der Waals surface area contributed by atoms with Gasteiger partial charge in [-0.1, -0.05) is 74.7 Å². The predicted octanol–water partition coefficient (Wildman–Crippen LogP) is 14.3. The molecule has 0 fully saturated rings. The molecule has 0 saturated heterocycles. The summed E-state index contributed by atoms with van der Waals surface area (Å²) in [5.41, 5.74) is 6.16. The van der Waals surface area contributed by atoms with Gasteiger partial charge in [0.2, 0.25) is 0 Å². The second kappa shape index (κ2) is 22.8. The quantitative estimate of drug-likeness (QED) is 0.0904. The van der Waals surface area contributed by atoms with Crippen molar-refractivity contribution < 1.29 is 18.3 Å². The van der Waals surface area contributed by atoms with E-state index >= 15 is 0 Å². The molecule has 4 aromatic carbocycles. The molecule has 2 aliphatic rings. The van der Waals surface area contributed by atoms with Gasteiger partial charge in [-0.15, -0.1) is 0 Å². The van der Waals surface area contributed by atoms with E-state index < -0.39 is 0 Å². The molecule has 0 aliphatic carbocycles. The number of aryl methyl sites for hydroxylation is 4. The molecule has 13 rings (SSSR count). The molecule has 8 bridgehead atoms. The van der Waals surface area contributed by atoms with Crippen molar-refractivity contribution >= 4 is 91.2 Å². The number of aromatic nitrogens is 12. The van der Waals surface area contributed by atoms with E-state index in [-0.39, 0.29) is 0 Å². The molecule has 2 aliphatic heterocycles. The van der Waals surface area contributed by atoms with Gasteiger partial charge in [0, 0.05) is 157 Å². The fourth-order valence-electron chi connectivity index (χ4n) is 10.2. The molecule has 0 spiro atoms. The van der Waals surface area contributed by atoms with Crippen LogP contribution in [0.5, 0.6) is 0 Å². The molecule has 0 amide bonds. The molecule has 0 radical (unpaired) electrons. The number of H-pyrrole nitrogens is 2. The highest BCUT2D eigenvalue weighted by Gasteiger charge is 2.24. The molecule has 0 saturated carbocycles. The van der Waals surface area contributed by atoms with Crippen molar-refractivity contribution in [1.29, 1.82) is 0 Å². The van der Waals surface area contributed by atoms with Crippen LogP contribution < -0.4 is 18.3 Å². The second-order valence-corrected chi connectivity index (χ2v) is 24.5.